The van der Waals surface area contributed by atoms with E-state index < -0.39 is 0 Å². The van der Waals surface area contributed by atoms with Crippen LogP contribution in [0.15, 0.2) is 59.6 Å². The van der Waals surface area contributed by atoms with E-state index in [0.717, 1.165) is 17.7 Å². The van der Waals surface area contributed by atoms with Gasteiger partial charge in [0.05, 0.1) is 5.75 Å². The standard InChI is InChI=1S/C20H18FNOS2/c1-13-11-15(18-3-2-10-24-18)6-9-17(13)22-19(23)12-25-20(22)14-4-7-16(21)8-5-14/h2-10,13,20H,11-12H2,1H3. The number of halogens is 1. The van der Waals surface area contributed by atoms with Gasteiger partial charge in [-0.15, -0.1) is 23.1 Å². The van der Waals surface area contributed by atoms with Gasteiger partial charge in [0.15, 0.2) is 0 Å². The quantitative estimate of drug-likeness (QED) is 0.713. The molecule has 0 bridgehead atoms. The molecule has 1 amide bonds. The van der Waals surface area contributed by atoms with E-state index in [2.05, 4.69) is 36.6 Å². The smallest absolute Gasteiger partial charge is 0.238 e. The van der Waals surface area contributed by atoms with Crippen molar-refractivity contribution in [3.05, 3.63) is 75.9 Å². The second-order valence-corrected chi connectivity index (χ2v) is 8.36. The number of nitrogens with zero attached hydrogens (tertiary/aromatic N) is 1. The largest absolute Gasteiger partial charge is 0.299 e. The van der Waals surface area contributed by atoms with Crippen LogP contribution in [0.3, 0.4) is 0 Å². The fourth-order valence-electron chi connectivity index (χ4n) is 3.39. The van der Waals surface area contributed by atoms with Crippen LogP contribution in [0, 0.1) is 11.7 Å². The van der Waals surface area contributed by atoms with Crippen molar-refractivity contribution in [3.8, 4) is 0 Å². The van der Waals surface area contributed by atoms with E-state index in [1.54, 1.807) is 35.2 Å². The lowest BCUT2D eigenvalue weighted by atomic mass is 9.91. The molecule has 2 heterocycles. The Morgan fingerprint density at radius 3 is 2.64 bits per heavy atom. The lowest BCUT2D eigenvalue weighted by Gasteiger charge is -2.32. The molecule has 4 rings (SSSR count). The summed E-state index contributed by atoms with van der Waals surface area (Å²) in [5, 5.41) is 2.02. The van der Waals surface area contributed by atoms with Crippen molar-refractivity contribution in [2.24, 2.45) is 5.92 Å². The Morgan fingerprint density at radius 2 is 1.96 bits per heavy atom. The molecule has 0 spiro atoms. The van der Waals surface area contributed by atoms with Gasteiger partial charge >= 0.3 is 0 Å². The number of rotatable bonds is 3. The van der Waals surface area contributed by atoms with Crippen LogP contribution in [0.4, 0.5) is 4.39 Å². The SMILES string of the molecule is CC1CC(c2cccs2)=CC=C1N1C(=O)CSC1c1ccc(F)cc1. The normalized spacial score (nSPS) is 23.6. The summed E-state index contributed by atoms with van der Waals surface area (Å²) in [5.74, 6) is 0.615. The average molecular weight is 372 g/mol. The van der Waals surface area contributed by atoms with Crippen molar-refractivity contribution < 1.29 is 9.18 Å². The fraction of sp³-hybridized carbons (Fsp3) is 0.250. The van der Waals surface area contributed by atoms with Gasteiger partial charge in [-0.05, 0) is 47.2 Å². The van der Waals surface area contributed by atoms with Crippen LogP contribution in [0.1, 0.15) is 29.2 Å². The zero-order chi connectivity index (χ0) is 17.4. The predicted molar refractivity (Wildman–Crippen MR) is 103 cm³/mol. The summed E-state index contributed by atoms with van der Waals surface area (Å²) in [6.07, 6.45) is 5.15. The molecule has 2 aliphatic rings. The second-order valence-electron chi connectivity index (χ2n) is 6.34. The van der Waals surface area contributed by atoms with E-state index in [1.165, 1.54) is 22.6 Å². The lowest BCUT2D eigenvalue weighted by molar-refractivity contribution is -0.126. The molecule has 1 aromatic carbocycles. The number of carbonyl (C=O) groups excluding carboxylic acids is 1. The molecule has 2 nitrogen and oxygen atoms in total. The number of amides is 1. The number of allylic oxidation sites excluding steroid dienone is 4. The highest BCUT2D eigenvalue weighted by molar-refractivity contribution is 8.00. The molecule has 2 atom stereocenters. The summed E-state index contributed by atoms with van der Waals surface area (Å²) in [7, 11) is 0. The summed E-state index contributed by atoms with van der Waals surface area (Å²) in [6.45, 7) is 2.17. The first-order chi connectivity index (χ1) is 12.1. The molecule has 1 fully saturated rings. The second kappa shape index (κ2) is 6.81. The van der Waals surface area contributed by atoms with E-state index >= 15 is 0 Å². The minimum atomic E-state index is -0.251. The van der Waals surface area contributed by atoms with Gasteiger partial charge in [-0.1, -0.05) is 31.2 Å². The van der Waals surface area contributed by atoms with Crippen molar-refractivity contribution >= 4 is 34.6 Å². The third kappa shape index (κ3) is 3.18. The molecule has 1 aliphatic heterocycles. The van der Waals surface area contributed by atoms with E-state index in [9.17, 15) is 9.18 Å². The van der Waals surface area contributed by atoms with Gasteiger partial charge in [0.25, 0.3) is 0 Å². The maximum Gasteiger partial charge on any atom is 0.238 e. The number of hydrogen-bond donors (Lipinski definition) is 0. The van der Waals surface area contributed by atoms with Gasteiger partial charge < -0.3 is 0 Å². The molecule has 25 heavy (non-hydrogen) atoms. The topological polar surface area (TPSA) is 20.3 Å². The van der Waals surface area contributed by atoms with Crippen molar-refractivity contribution in [1.82, 2.24) is 4.90 Å². The van der Waals surface area contributed by atoms with E-state index in [-0.39, 0.29) is 23.0 Å². The monoisotopic (exact) mass is 371 g/mol. The Hall–Kier alpha value is -1.85. The molecule has 1 saturated heterocycles. The first-order valence-electron chi connectivity index (χ1n) is 8.27. The molecule has 0 saturated carbocycles. The Labute approximate surface area is 155 Å². The summed E-state index contributed by atoms with van der Waals surface area (Å²) >= 11 is 3.35. The van der Waals surface area contributed by atoms with Crippen molar-refractivity contribution in [1.29, 1.82) is 0 Å². The van der Waals surface area contributed by atoms with Gasteiger partial charge in [-0.25, -0.2) is 4.39 Å². The summed E-state index contributed by atoms with van der Waals surface area (Å²) < 4.78 is 13.2. The highest BCUT2D eigenvalue weighted by Gasteiger charge is 2.37. The highest BCUT2D eigenvalue weighted by atomic mass is 32.2. The average Bonchev–Trinajstić information content (AvgIpc) is 3.26. The van der Waals surface area contributed by atoms with E-state index in [4.69, 9.17) is 0 Å². The van der Waals surface area contributed by atoms with Gasteiger partial charge in [0, 0.05) is 16.5 Å². The van der Waals surface area contributed by atoms with Crippen LogP contribution in [0.2, 0.25) is 0 Å². The third-order valence-electron chi connectivity index (χ3n) is 4.63. The highest BCUT2D eigenvalue weighted by Crippen LogP contribution is 2.45. The van der Waals surface area contributed by atoms with Gasteiger partial charge in [0.1, 0.15) is 11.2 Å². The Bertz CT molecular complexity index is 839. The number of thioether (sulfide) groups is 1. The van der Waals surface area contributed by atoms with Crippen LogP contribution in [0.5, 0.6) is 0 Å². The molecule has 1 aliphatic carbocycles. The van der Waals surface area contributed by atoms with Crippen LogP contribution in [0.25, 0.3) is 5.57 Å². The Kier molecular flexibility index (Phi) is 4.52. The Morgan fingerprint density at radius 1 is 1.16 bits per heavy atom. The van der Waals surface area contributed by atoms with E-state index in [1.807, 2.05) is 4.90 Å². The van der Waals surface area contributed by atoms with Crippen molar-refractivity contribution in [2.45, 2.75) is 18.7 Å². The minimum Gasteiger partial charge on any atom is -0.299 e. The first-order valence-corrected chi connectivity index (χ1v) is 10.2. The molecule has 0 radical (unpaired) electrons. The maximum atomic E-state index is 13.2. The van der Waals surface area contributed by atoms with Crippen LogP contribution in [-0.2, 0) is 4.79 Å². The number of benzene rings is 1. The molecular formula is C20H18FNOS2. The van der Waals surface area contributed by atoms with Crippen LogP contribution < -0.4 is 0 Å². The fourth-order valence-corrected chi connectivity index (χ4v) is 5.33. The molecule has 0 N–H and O–H groups in total. The van der Waals surface area contributed by atoms with Gasteiger partial charge in [0.2, 0.25) is 5.91 Å². The van der Waals surface area contributed by atoms with Crippen molar-refractivity contribution in [3.63, 3.8) is 0 Å². The minimum absolute atomic E-state index is 0.0708. The van der Waals surface area contributed by atoms with Gasteiger partial charge in [-0.2, -0.15) is 0 Å². The van der Waals surface area contributed by atoms with Gasteiger partial charge in [-0.3, -0.25) is 9.69 Å². The summed E-state index contributed by atoms with van der Waals surface area (Å²) in [6, 6.07) is 10.7. The van der Waals surface area contributed by atoms with E-state index in [0.29, 0.717) is 5.75 Å². The molecule has 2 aromatic rings. The molecule has 1 aromatic heterocycles. The molecule has 5 heteroatoms. The number of hydrogen-bond acceptors (Lipinski definition) is 3. The molecule has 128 valence electrons. The first kappa shape index (κ1) is 16.6. The third-order valence-corrected chi connectivity index (χ3v) is 6.78. The van der Waals surface area contributed by atoms with Crippen LogP contribution in [-0.4, -0.2) is 16.6 Å². The summed E-state index contributed by atoms with van der Waals surface area (Å²) in [5.41, 5.74) is 3.35. The predicted octanol–water partition coefficient (Wildman–Crippen LogP) is 5.47. The molecule has 2 unspecified atom stereocenters. The van der Waals surface area contributed by atoms with Crippen LogP contribution >= 0.6 is 23.1 Å². The Balaban J connectivity index is 1.66. The lowest BCUT2D eigenvalue weighted by Crippen LogP contribution is -2.31. The molecular weight excluding hydrogens is 353 g/mol. The summed E-state index contributed by atoms with van der Waals surface area (Å²) in [4.78, 5) is 15.7. The maximum absolute atomic E-state index is 13.2. The van der Waals surface area contributed by atoms with Crippen molar-refractivity contribution in [2.75, 3.05) is 5.75 Å². The number of thiophene rings is 1. The number of carbonyl (C=O) groups is 1. The zero-order valence-electron chi connectivity index (χ0n) is 13.8. The zero-order valence-corrected chi connectivity index (χ0v) is 15.4.